The Morgan fingerprint density at radius 1 is 1.10 bits per heavy atom. The summed E-state index contributed by atoms with van der Waals surface area (Å²) in [5.41, 5.74) is 1.38. The van der Waals surface area contributed by atoms with Gasteiger partial charge in [0.25, 0.3) is 0 Å². The average molecular weight is 291 g/mol. The lowest BCUT2D eigenvalue weighted by molar-refractivity contribution is -0.104. The van der Waals surface area contributed by atoms with E-state index in [0.717, 1.165) is 38.2 Å². The molecule has 0 spiro atoms. The maximum atomic E-state index is 6.09. The van der Waals surface area contributed by atoms with E-state index in [0.29, 0.717) is 6.04 Å². The van der Waals surface area contributed by atoms with Gasteiger partial charge in [-0.3, -0.25) is 0 Å². The topological polar surface area (TPSA) is 30.5 Å². The molecule has 3 unspecified atom stereocenters. The minimum absolute atomic E-state index is 0.177. The van der Waals surface area contributed by atoms with Crippen LogP contribution >= 0.6 is 0 Å². The van der Waals surface area contributed by atoms with Gasteiger partial charge in [0.05, 0.1) is 0 Å². The van der Waals surface area contributed by atoms with Gasteiger partial charge in [0.1, 0.15) is 18.0 Å². The highest BCUT2D eigenvalue weighted by molar-refractivity contribution is 5.28. The lowest BCUT2D eigenvalue weighted by Gasteiger charge is -2.44. The maximum absolute atomic E-state index is 6.09. The first-order valence-electron chi connectivity index (χ1n) is 8.39. The predicted octanol–water partition coefficient (Wildman–Crippen LogP) is 3.56. The number of hydrogen-bond donors (Lipinski definition) is 1. The predicted molar refractivity (Wildman–Crippen MR) is 87.0 cm³/mol. The van der Waals surface area contributed by atoms with E-state index in [1.54, 1.807) is 0 Å². The summed E-state index contributed by atoms with van der Waals surface area (Å²) in [6.45, 7) is 8.23. The fourth-order valence-electron chi connectivity index (χ4n) is 2.84. The summed E-state index contributed by atoms with van der Waals surface area (Å²) < 4.78 is 11.9. The van der Waals surface area contributed by atoms with Crippen LogP contribution < -0.4 is 10.1 Å². The molecular formula is C18H29NO2. The van der Waals surface area contributed by atoms with E-state index in [1.165, 1.54) is 12.0 Å². The van der Waals surface area contributed by atoms with Gasteiger partial charge in [-0.05, 0) is 44.0 Å². The number of benzene rings is 1. The standard InChI is InChI=1S/C18H29NO2/c1-4-7-14-8-10-15(11-9-14)21-17-13-16(19-12-5-2)18(17)20-6-3/h8-11,16-19H,4-7,12-13H2,1-3H3. The molecule has 0 heterocycles. The Morgan fingerprint density at radius 3 is 2.48 bits per heavy atom. The van der Waals surface area contributed by atoms with Crippen molar-refractivity contribution >= 4 is 0 Å². The van der Waals surface area contributed by atoms with Gasteiger partial charge in [-0.2, -0.15) is 0 Å². The summed E-state index contributed by atoms with van der Waals surface area (Å²) in [5, 5.41) is 3.54. The van der Waals surface area contributed by atoms with Crippen LogP contribution in [0.2, 0.25) is 0 Å². The molecule has 1 fully saturated rings. The molecule has 0 amide bonds. The summed E-state index contributed by atoms with van der Waals surface area (Å²) in [7, 11) is 0. The van der Waals surface area contributed by atoms with Crippen LogP contribution in [-0.2, 0) is 11.2 Å². The smallest absolute Gasteiger partial charge is 0.128 e. The van der Waals surface area contributed by atoms with E-state index in [2.05, 4.69) is 43.4 Å². The minimum atomic E-state index is 0.177. The van der Waals surface area contributed by atoms with Crippen molar-refractivity contribution in [1.82, 2.24) is 5.32 Å². The highest BCUT2D eigenvalue weighted by Gasteiger charge is 2.43. The van der Waals surface area contributed by atoms with Gasteiger partial charge in [-0.1, -0.05) is 32.4 Å². The Bertz CT molecular complexity index is 404. The number of nitrogens with one attached hydrogen (secondary N) is 1. The van der Waals surface area contributed by atoms with Crippen LogP contribution in [0.4, 0.5) is 0 Å². The van der Waals surface area contributed by atoms with Gasteiger partial charge in [-0.25, -0.2) is 0 Å². The molecule has 1 aliphatic rings. The van der Waals surface area contributed by atoms with E-state index >= 15 is 0 Å². The van der Waals surface area contributed by atoms with E-state index in [9.17, 15) is 0 Å². The van der Waals surface area contributed by atoms with E-state index in [-0.39, 0.29) is 12.2 Å². The van der Waals surface area contributed by atoms with Crippen LogP contribution in [0.3, 0.4) is 0 Å². The van der Waals surface area contributed by atoms with Crippen molar-refractivity contribution in [2.75, 3.05) is 13.2 Å². The highest BCUT2D eigenvalue weighted by atomic mass is 16.5. The first-order valence-corrected chi connectivity index (χ1v) is 8.39. The third-order valence-corrected chi connectivity index (χ3v) is 4.01. The molecule has 1 aliphatic carbocycles. The summed E-state index contributed by atoms with van der Waals surface area (Å²) in [4.78, 5) is 0. The quantitative estimate of drug-likeness (QED) is 0.754. The largest absolute Gasteiger partial charge is 0.488 e. The Kier molecular flexibility index (Phi) is 6.52. The van der Waals surface area contributed by atoms with Crippen molar-refractivity contribution in [3.63, 3.8) is 0 Å². The zero-order valence-corrected chi connectivity index (χ0v) is 13.6. The molecule has 3 atom stereocenters. The zero-order valence-electron chi connectivity index (χ0n) is 13.6. The number of rotatable bonds is 9. The SMILES string of the molecule is CCCNC1CC(Oc2ccc(CCC)cc2)C1OCC. The second-order valence-corrected chi connectivity index (χ2v) is 5.77. The third kappa shape index (κ3) is 4.45. The molecule has 3 heteroatoms. The molecule has 0 aromatic heterocycles. The summed E-state index contributed by atoms with van der Waals surface area (Å²) in [6.07, 6.45) is 4.85. The van der Waals surface area contributed by atoms with Gasteiger partial charge < -0.3 is 14.8 Å². The zero-order chi connectivity index (χ0) is 15.1. The van der Waals surface area contributed by atoms with E-state index in [4.69, 9.17) is 9.47 Å². The molecule has 0 bridgehead atoms. The van der Waals surface area contributed by atoms with Gasteiger partial charge in [0.15, 0.2) is 0 Å². The molecule has 1 aromatic rings. The molecule has 118 valence electrons. The normalized spacial score (nSPS) is 24.6. The van der Waals surface area contributed by atoms with Crippen LogP contribution in [0.15, 0.2) is 24.3 Å². The maximum Gasteiger partial charge on any atom is 0.128 e. The van der Waals surface area contributed by atoms with Gasteiger partial charge in [0.2, 0.25) is 0 Å². The van der Waals surface area contributed by atoms with Crippen molar-refractivity contribution in [2.45, 2.75) is 64.7 Å². The van der Waals surface area contributed by atoms with Crippen LogP contribution in [-0.4, -0.2) is 31.4 Å². The summed E-state index contributed by atoms with van der Waals surface area (Å²) in [6, 6.07) is 8.94. The fourth-order valence-corrected chi connectivity index (χ4v) is 2.84. The Balaban J connectivity index is 1.86. The van der Waals surface area contributed by atoms with Crippen LogP contribution in [0.1, 0.15) is 45.6 Å². The van der Waals surface area contributed by atoms with Gasteiger partial charge in [-0.15, -0.1) is 0 Å². The molecule has 2 rings (SSSR count). The molecule has 1 saturated carbocycles. The highest BCUT2D eigenvalue weighted by Crippen LogP contribution is 2.29. The molecule has 3 nitrogen and oxygen atoms in total. The van der Waals surface area contributed by atoms with Crippen molar-refractivity contribution in [3.8, 4) is 5.75 Å². The lowest BCUT2D eigenvalue weighted by atomic mass is 9.85. The van der Waals surface area contributed by atoms with Crippen molar-refractivity contribution in [3.05, 3.63) is 29.8 Å². The Hall–Kier alpha value is -1.06. The average Bonchev–Trinajstić information content (AvgIpc) is 2.49. The second kappa shape index (κ2) is 8.40. The molecule has 0 aliphatic heterocycles. The molecule has 1 aromatic carbocycles. The molecule has 0 radical (unpaired) electrons. The molecule has 1 N–H and O–H groups in total. The minimum Gasteiger partial charge on any atom is -0.488 e. The van der Waals surface area contributed by atoms with Crippen molar-refractivity contribution in [2.24, 2.45) is 0 Å². The van der Waals surface area contributed by atoms with E-state index in [1.807, 2.05) is 6.92 Å². The third-order valence-electron chi connectivity index (χ3n) is 4.01. The first-order chi connectivity index (χ1) is 10.3. The molecule has 0 saturated heterocycles. The van der Waals surface area contributed by atoms with Gasteiger partial charge >= 0.3 is 0 Å². The summed E-state index contributed by atoms with van der Waals surface area (Å²) in [5.74, 6) is 0.957. The molecule has 21 heavy (non-hydrogen) atoms. The van der Waals surface area contributed by atoms with Crippen LogP contribution in [0.5, 0.6) is 5.75 Å². The van der Waals surface area contributed by atoms with Crippen LogP contribution in [0.25, 0.3) is 0 Å². The van der Waals surface area contributed by atoms with Gasteiger partial charge in [0, 0.05) is 19.1 Å². The first kappa shape index (κ1) is 16.3. The Morgan fingerprint density at radius 2 is 1.86 bits per heavy atom. The number of hydrogen-bond acceptors (Lipinski definition) is 3. The second-order valence-electron chi connectivity index (χ2n) is 5.77. The summed E-state index contributed by atoms with van der Waals surface area (Å²) >= 11 is 0. The number of ether oxygens (including phenoxy) is 2. The van der Waals surface area contributed by atoms with Crippen molar-refractivity contribution < 1.29 is 9.47 Å². The lowest BCUT2D eigenvalue weighted by Crippen LogP contribution is -2.61. The van der Waals surface area contributed by atoms with Crippen molar-refractivity contribution in [1.29, 1.82) is 0 Å². The fraction of sp³-hybridized carbons (Fsp3) is 0.667. The number of aryl methyl sites for hydroxylation is 1. The monoisotopic (exact) mass is 291 g/mol. The van der Waals surface area contributed by atoms with E-state index < -0.39 is 0 Å². The van der Waals surface area contributed by atoms with Crippen LogP contribution in [0, 0.1) is 0 Å². The molecular weight excluding hydrogens is 262 g/mol. The Labute approximate surface area is 129 Å².